The first-order chi connectivity index (χ1) is 19.8. The zero-order chi connectivity index (χ0) is 26.5. The van der Waals surface area contributed by atoms with Crippen LogP contribution in [-0.2, 0) is 0 Å². The maximum atomic E-state index is 5.16. The van der Waals surface area contributed by atoms with Crippen molar-refractivity contribution in [3.05, 3.63) is 140 Å². The first-order valence-electron chi connectivity index (χ1n) is 13.4. The maximum absolute atomic E-state index is 5.16. The number of benzene rings is 6. The van der Waals surface area contributed by atoms with Crippen molar-refractivity contribution in [3.63, 3.8) is 0 Å². The molecule has 0 saturated heterocycles. The maximum Gasteiger partial charge on any atom is 0.160 e. The summed E-state index contributed by atoms with van der Waals surface area (Å²) in [5, 5.41) is 7.54. The second kappa shape index (κ2) is 9.11. The van der Waals surface area contributed by atoms with Gasteiger partial charge in [-0.05, 0) is 61.6 Å². The molecule has 0 unspecified atom stereocenters. The molecule has 0 saturated carbocycles. The summed E-state index contributed by atoms with van der Waals surface area (Å²) in [6.45, 7) is 0. The molecule has 3 nitrogen and oxygen atoms in total. The Kier molecular flexibility index (Phi) is 5.14. The molecule has 186 valence electrons. The Morgan fingerprint density at radius 3 is 1.80 bits per heavy atom. The topological polar surface area (TPSA) is 38.7 Å². The van der Waals surface area contributed by atoms with Crippen molar-refractivity contribution in [1.82, 2.24) is 15.0 Å². The number of aromatic nitrogens is 3. The fraction of sp³-hybridized carbons (Fsp3) is 0. The molecule has 2 heterocycles. The van der Waals surface area contributed by atoms with Crippen LogP contribution in [0.1, 0.15) is 0 Å². The van der Waals surface area contributed by atoms with Crippen LogP contribution in [0.3, 0.4) is 0 Å². The van der Waals surface area contributed by atoms with Crippen LogP contribution < -0.4 is 0 Å². The number of rotatable bonds is 4. The van der Waals surface area contributed by atoms with Crippen molar-refractivity contribution in [2.75, 3.05) is 0 Å². The van der Waals surface area contributed by atoms with E-state index in [0.29, 0.717) is 5.82 Å². The van der Waals surface area contributed by atoms with Crippen molar-refractivity contribution in [2.24, 2.45) is 0 Å². The van der Waals surface area contributed by atoms with Crippen molar-refractivity contribution >= 4 is 32.3 Å². The van der Waals surface area contributed by atoms with Crippen LogP contribution in [0.25, 0.3) is 77.3 Å². The van der Waals surface area contributed by atoms with Gasteiger partial charge >= 0.3 is 0 Å². The summed E-state index contributed by atoms with van der Waals surface area (Å²) in [5.41, 5.74) is 7.18. The van der Waals surface area contributed by atoms with Crippen LogP contribution in [0.15, 0.2) is 140 Å². The molecule has 3 heteroatoms. The van der Waals surface area contributed by atoms with Crippen LogP contribution in [-0.4, -0.2) is 15.0 Å². The van der Waals surface area contributed by atoms with E-state index in [1.807, 2.05) is 42.7 Å². The van der Waals surface area contributed by atoms with Gasteiger partial charge in [-0.1, -0.05) is 109 Å². The lowest BCUT2D eigenvalue weighted by Gasteiger charge is -2.16. The molecule has 0 radical (unpaired) electrons. The Labute approximate surface area is 231 Å². The minimum atomic E-state index is 0.711. The molecule has 8 rings (SSSR count). The summed E-state index contributed by atoms with van der Waals surface area (Å²) in [6, 6.07) is 44.7. The molecular weight excluding hydrogens is 486 g/mol. The largest absolute Gasteiger partial charge is 0.265 e. The zero-order valence-corrected chi connectivity index (χ0v) is 21.6. The number of hydrogen-bond donors (Lipinski definition) is 0. The smallest absolute Gasteiger partial charge is 0.160 e. The van der Waals surface area contributed by atoms with Crippen LogP contribution in [0, 0.1) is 0 Å². The average Bonchev–Trinajstić information content (AvgIpc) is 3.04. The lowest BCUT2D eigenvalue weighted by atomic mass is 9.90. The highest BCUT2D eigenvalue weighted by atomic mass is 14.9. The molecular formula is C37H23N3. The summed E-state index contributed by atoms with van der Waals surface area (Å²) < 4.78 is 0. The van der Waals surface area contributed by atoms with E-state index in [4.69, 9.17) is 9.97 Å². The first kappa shape index (κ1) is 22.6. The summed E-state index contributed by atoms with van der Waals surface area (Å²) in [4.78, 5) is 14.5. The van der Waals surface area contributed by atoms with Crippen molar-refractivity contribution in [2.45, 2.75) is 0 Å². The normalized spacial score (nSPS) is 11.5. The second-order valence-electron chi connectivity index (χ2n) is 10.1. The van der Waals surface area contributed by atoms with Crippen LogP contribution in [0.2, 0.25) is 0 Å². The molecule has 0 aliphatic heterocycles. The van der Waals surface area contributed by atoms with Crippen LogP contribution >= 0.6 is 0 Å². The molecule has 2 aromatic heterocycles. The highest BCUT2D eigenvalue weighted by Gasteiger charge is 2.17. The number of nitrogens with zero attached hydrogens (tertiary/aromatic N) is 3. The third kappa shape index (κ3) is 3.63. The lowest BCUT2D eigenvalue weighted by Crippen LogP contribution is -1.97. The molecule has 0 spiro atoms. The van der Waals surface area contributed by atoms with Crippen LogP contribution in [0.4, 0.5) is 0 Å². The van der Waals surface area contributed by atoms with E-state index in [1.165, 1.54) is 32.3 Å². The molecule has 8 aromatic rings. The predicted octanol–water partition coefficient (Wildman–Crippen LogP) is 9.44. The Morgan fingerprint density at radius 1 is 0.400 bits per heavy atom. The van der Waals surface area contributed by atoms with Gasteiger partial charge in [0.1, 0.15) is 0 Å². The Balaban J connectivity index is 1.42. The van der Waals surface area contributed by atoms with Crippen molar-refractivity contribution < 1.29 is 0 Å². The van der Waals surface area contributed by atoms with Gasteiger partial charge in [-0.15, -0.1) is 0 Å². The van der Waals surface area contributed by atoms with E-state index in [-0.39, 0.29) is 0 Å². The third-order valence-electron chi connectivity index (χ3n) is 7.76. The SMILES string of the molecule is c1ccc(-c2nc(-c3ccccc3-c3ccncc3)cc(-c3ccc4ccc5cccc6ccc3c4c56)n2)cc1. The quantitative estimate of drug-likeness (QED) is 0.222. The van der Waals surface area contributed by atoms with E-state index in [2.05, 4.69) is 102 Å². The molecule has 6 aromatic carbocycles. The molecule has 0 aliphatic carbocycles. The summed E-state index contributed by atoms with van der Waals surface area (Å²) in [6.07, 6.45) is 3.66. The van der Waals surface area contributed by atoms with Crippen molar-refractivity contribution in [1.29, 1.82) is 0 Å². The van der Waals surface area contributed by atoms with E-state index in [9.17, 15) is 0 Å². The molecule has 0 fully saturated rings. The molecule has 0 bridgehead atoms. The van der Waals surface area contributed by atoms with Gasteiger partial charge in [0.05, 0.1) is 11.4 Å². The van der Waals surface area contributed by atoms with Gasteiger partial charge < -0.3 is 0 Å². The number of pyridine rings is 1. The van der Waals surface area contributed by atoms with Gasteiger partial charge in [-0.2, -0.15) is 0 Å². The van der Waals surface area contributed by atoms with Gasteiger partial charge in [0.2, 0.25) is 0 Å². The van der Waals surface area contributed by atoms with Gasteiger partial charge in [0.25, 0.3) is 0 Å². The van der Waals surface area contributed by atoms with Crippen molar-refractivity contribution in [3.8, 4) is 45.0 Å². The van der Waals surface area contributed by atoms with E-state index in [0.717, 1.165) is 39.2 Å². The average molecular weight is 510 g/mol. The summed E-state index contributed by atoms with van der Waals surface area (Å²) >= 11 is 0. The molecule has 0 N–H and O–H groups in total. The van der Waals surface area contributed by atoms with Gasteiger partial charge in [0, 0.05) is 29.1 Å². The van der Waals surface area contributed by atoms with Crippen LogP contribution in [0.5, 0.6) is 0 Å². The minimum absolute atomic E-state index is 0.711. The molecule has 0 atom stereocenters. The lowest BCUT2D eigenvalue weighted by molar-refractivity contribution is 1.18. The zero-order valence-electron chi connectivity index (χ0n) is 21.6. The molecule has 0 amide bonds. The minimum Gasteiger partial charge on any atom is -0.265 e. The van der Waals surface area contributed by atoms with Gasteiger partial charge in [-0.3, -0.25) is 4.98 Å². The fourth-order valence-electron chi connectivity index (χ4n) is 5.89. The molecule has 0 aliphatic rings. The standard InChI is InChI=1S/C37H23N3/c1-2-7-28(8-3-1)37-39-33(30-12-5-4-11-29(30)24-19-21-38-22-20-24)23-34(40-37)31-17-15-27-14-13-25-9-6-10-26-16-18-32(31)36(27)35(25)26/h1-23H. The van der Waals surface area contributed by atoms with Gasteiger partial charge in [-0.25, -0.2) is 9.97 Å². The highest BCUT2D eigenvalue weighted by Crippen LogP contribution is 2.40. The summed E-state index contributed by atoms with van der Waals surface area (Å²) in [5.74, 6) is 0.711. The number of hydrogen-bond acceptors (Lipinski definition) is 3. The molecule has 40 heavy (non-hydrogen) atoms. The third-order valence-corrected chi connectivity index (χ3v) is 7.76. The Bertz CT molecular complexity index is 2140. The van der Waals surface area contributed by atoms with E-state index >= 15 is 0 Å². The van der Waals surface area contributed by atoms with E-state index in [1.54, 1.807) is 0 Å². The Hall–Kier alpha value is -5.41. The second-order valence-corrected chi connectivity index (χ2v) is 10.1. The highest BCUT2D eigenvalue weighted by molar-refractivity contribution is 6.25. The first-order valence-corrected chi connectivity index (χ1v) is 13.4. The monoisotopic (exact) mass is 509 g/mol. The summed E-state index contributed by atoms with van der Waals surface area (Å²) in [7, 11) is 0. The van der Waals surface area contributed by atoms with Gasteiger partial charge in [0.15, 0.2) is 5.82 Å². The van der Waals surface area contributed by atoms with E-state index < -0.39 is 0 Å². The fourth-order valence-corrected chi connectivity index (χ4v) is 5.89. The Morgan fingerprint density at radius 2 is 1.02 bits per heavy atom. The predicted molar refractivity (Wildman–Crippen MR) is 165 cm³/mol.